The van der Waals surface area contributed by atoms with E-state index in [9.17, 15) is 0 Å². The maximum Gasteiger partial charge on any atom is 0.0524 e. The summed E-state index contributed by atoms with van der Waals surface area (Å²) in [5.74, 6) is 0.602. The Morgan fingerprint density at radius 1 is 1.33 bits per heavy atom. The molecule has 1 unspecified atom stereocenters. The van der Waals surface area contributed by atoms with Crippen molar-refractivity contribution in [3.8, 4) is 0 Å². The molecule has 1 N–H and O–H groups in total. The number of benzene rings is 1. The third kappa shape index (κ3) is 2.23. The molecule has 1 aromatic carbocycles. The van der Waals surface area contributed by atoms with Crippen LogP contribution < -0.4 is 5.32 Å². The number of hydrogen-bond donors (Lipinski definition) is 1. The van der Waals surface area contributed by atoms with Crippen LogP contribution in [0.15, 0.2) is 21.1 Å². The molecule has 1 atom stereocenters. The molecule has 2 rings (SSSR count). The summed E-state index contributed by atoms with van der Waals surface area (Å²) in [6, 6.07) is 4.31. The lowest BCUT2D eigenvalue weighted by atomic mass is 9.82. The molecule has 0 spiro atoms. The molecule has 3 heteroatoms. The van der Waals surface area contributed by atoms with Gasteiger partial charge in [0.1, 0.15) is 0 Å². The van der Waals surface area contributed by atoms with E-state index >= 15 is 0 Å². The molecular formula is C12H15Br2N. The van der Waals surface area contributed by atoms with Gasteiger partial charge in [-0.15, -0.1) is 0 Å². The number of rotatable bonds is 0. The topological polar surface area (TPSA) is 12.0 Å². The van der Waals surface area contributed by atoms with Crippen molar-refractivity contribution in [3.05, 3.63) is 26.6 Å². The van der Waals surface area contributed by atoms with Gasteiger partial charge in [0.05, 0.1) is 5.69 Å². The van der Waals surface area contributed by atoms with Gasteiger partial charge in [-0.05, 0) is 59.8 Å². The van der Waals surface area contributed by atoms with Crippen molar-refractivity contribution in [1.82, 2.24) is 0 Å². The lowest BCUT2D eigenvalue weighted by Gasteiger charge is -2.38. The summed E-state index contributed by atoms with van der Waals surface area (Å²) >= 11 is 7.16. The van der Waals surface area contributed by atoms with E-state index in [2.05, 4.69) is 70.1 Å². The molecule has 15 heavy (non-hydrogen) atoms. The van der Waals surface area contributed by atoms with Gasteiger partial charge in [0, 0.05) is 14.5 Å². The first-order valence-corrected chi connectivity index (χ1v) is 6.75. The molecule has 1 aromatic rings. The molecule has 0 saturated carbocycles. The molecule has 1 heterocycles. The van der Waals surface area contributed by atoms with Crippen LogP contribution in [0.2, 0.25) is 0 Å². The Hall–Kier alpha value is -0.0200. The summed E-state index contributed by atoms with van der Waals surface area (Å²) in [5, 5.41) is 3.59. The van der Waals surface area contributed by atoms with E-state index in [0.717, 1.165) is 8.95 Å². The van der Waals surface area contributed by atoms with Gasteiger partial charge in [0.25, 0.3) is 0 Å². The smallest absolute Gasteiger partial charge is 0.0524 e. The molecule has 0 bridgehead atoms. The second-order valence-corrected chi connectivity index (χ2v) is 6.74. The van der Waals surface area contributed by atoms with Crippen LogP contribution in [0.4, 0.5) is 5.69 Å². The summed E-state index contributed by atoms with van der Waals surface area (Å²) in [6.07, 6.45) is 1.17. The van der Waals surface area contributed by atoms with Gasteiger partial charge in [-0.1, -0.05) is 22.9 Å². The van der Waals surface area contributed by atoms with Crippen molar-refractivity contribution in [1.29, 1.82) is 0 Å². The van der Waals surface area contributed by atoms with Crippen LogP contribution in [-0.4, -0.2) is 5.54 Å². The van der Waals surface area contributed by atoms with Gasteiger partial charge in [-0.3, -0.25) is 0 Å². The minimum absolute atomic E-state index is 0.183. The monoisotopic (exact) mass is 331 g/mol. The predicted molar refractivity (Wildman–Crippen MR) is 72.6 cm³/mol. The van der Waals surface area contributed by atoms with Gasteiger partial charge in [0.15, 0.2) is 0 Å². The maximum atomic E-state index is 3.62. The summed E-state index contributed by atoms with van der Waals surface area (Å²) < 4.78 is 2.29. The zero-order valence-corrected chi connectivity index (χ0v) is 12.4. The number of hydrogen-bond acceptors (Lipinski definition) is 1. The van der Waals surface area contributed by atoms with E-state index in [0.29, 0.717) is 5.92 Å². The van der Waals surface area contributed by atoms with E-state index in [4.69, 9.17) is 0 Å². The van der Waals surface area contributed by atoms with E-state index in [-0.39, 0.29) is 5.54 Å². The highest BCUT2D eigenvalue weighted by Gasteiger charge is 2.30. The van der Waals surface area contributed by atoms with Crippen LogP contribution in [0.3, 0.4) is 0 Å². The first-order chi connectivity index (χ1) is 6.89. The summed E-state index contributed by atoms with van der Waals surface area (Å²) in [6.45, 7) is 6.79. The molecule has 1 aliphatic rings. The summed E-state index contributed by atoms with van der Waals surface area (Å²) in [4.78, 5) is 0. The Kier molecular flexibility index (Phi) is 2.89. The Labute approximate surface area is 108 Å². The fourth-order valence-corrected chi connectivity index (χ4v) is 3.74. The number of halogens is 2. The molecular weight excluding hydrogens is 318 g/mol. The third-order valence-corrected chi connectivity index (χ3v) is 3.98. The zero-order valence-electron chi connectivity index (χ0n) is 9.20. The van der Waals surface area contributed by atoms with Crippen molar-refractivity contribution in [2.45, 2.75) is 38.6 Å². The van der Waals surface area contributed by atoms with Crippen molar-refractivity contribution < 1.29 is 0 Å². The van der Waals surface area contributed by atoms with Gasteiger partial charge in [0.2, 0.25) is 0 Å². The van der Waals surface area contributed by atoms with E-state index in [1.54, 1.807) is 0 Å². The van der Waals surface area contributed by atoms with Crippen molar-refractivity contribution in [2.24, 2.45) is 0 Å². The molecule has 1 aliphatic heterocycles. The average molecular weight is 333 g/mol. The van der Waals surface area contributed by atoms with Gasteiger partial charge >= 0.3 is 0 Å². The first-order valence-electron chi connectivity index (χ1n) is 5.16. The van der Waals surface area contributed by atoms with Crippen LogP contribution in [-0.2, 0) is 0 Å². The minimum atomic E-state index is 0.183. The molecule has 0 aliphatic carbocycles. The van der Waals surface area contributed by atoms with Crippen molar-refractivity contribution >= 4 is 37.5 Å². The second-order valence-electron chi connectivity index (χ2n) is 4.97. The molecule has 0 amide bonds. The van der Waals surface area contributed by atoms with E-state index in [1.807, 2.05) is 0 Å². The fourth-order valence-electron chi connectivity index (χ4n) is 2.38. The standard InChI is InChI=1S/C12H15Br2N/c1-7-6-12(2,3)15-11-9(7)4-8(13)5-10(11)14/h4-5,7,15H,6H2,1-3H3. The Morgan fingerprint density at radius 3 is 2.67 bits per heavy atom. The van der Waals surface area contributed by atoms with Gasteiger partial charge < -0.3 is 5.32 Å². The molecule has 0 saturated heterocycles. The van der Waals surface area contributed by atoms with Gasteiger partial charge in [-0.2, -0.15) is 0 Å². The molecule has 82 valence electrons. The maximum absolute atomic E-state index is 3.62. The second kappa shape index (κ2) is 3.77. The lowest BCUT2D eigenvalue weighted by Crippen LogP contribution is -2.36. The quantitative estimate of drug-likeness (QED) is 0.711. The van der Waals surface area contributed by atoms with E-state index in [1.165, 1.54) is 17.7 Å². The SMILES string of the molecule is CC1CC(C)(C)Nc2c(Br)cc(Br)cc21. The highest BCUT2D eigenvalue weighted by molar-refractivity contribution is 9.11. The van der Waals surface area contributed by atoms with E-state index < -0.39 is 0 Å². The third-order valence-electron chi connectivity index (χ3n) is 2.90. The summed E-state index contributed by atoms with van der Waals surface area (Å²) in [5.41, 5.74) is 2.83. The van der Waals surface area contributed by atoms with Crippen LogP contribution in [0, 0.1) is 0 Å². The first kappa shape index (κ1) is 11.5. The van der Waals surface area contributed by atoms with Crippen molar-refractivity contribution in [2.75, 3.05) is 5.32 Å². The number of anilines is 1. The molecule has 0 aromatic heterocycles. The molecule has 0 radical (unpaired) electrons. The van der Waals surface area contributed by atoms with Gasteiger partial charge in [-0.25, -0.2) is 0 Å². The van der Waals surface area contributed by atoms with Crippen LogP contribution in [0.1, 0.15) is 38.7 Å². The number of fused-ring (bicyclic) bond motifs is 1. The summed E-state index contributed by atoms with van der Waals surface area (Å²) in [7, 11) is 0. The predicted octanol–water partition coefficient (Wildman–Crippen LogP) is 4.91. The lowest BCUT2D eigenvalue weighted by molar-refractivity contribution is 0.453. The van der Waals surface area contributed by atoms with Crippen LogP contribution in [0.5, 0.6) is 0 Å². The highest BCUT2D eigenvalue weighted by Crippen LogP contribution is 2.43. The van der Waals surface area contributed by atoms with Crippen LogP contribution in [0.25, 0.3) is 0 Å². The Morgan fingerprint density at radius 2 is 2.00 bits per heavy atom. The Bertz CT molecular complexity index is 399. The zero-order chi connectivity index (χ0) is 11.2. The normalized spacial score (nSPS) is 23.1. The van der Waals surface area contributed by atoms with Crippen LogP contribution >= 0.6 is 31.9 Å². The fraction of sp³-hybridized carbons (Fsp3) is 0.500. The van der Waals surface area contributed by atoms with Crippen molar-refractivity contribution in [3.63, 3.8) is 0 Å². The Balaban J connectivity index is 2.55. The number of nitrogens with one attached hydrogen (secondary N) is 1. The average Bonchev–Trinajstić information content (AvgIpc) is 2.06. The minimum Gasteiger partial charge on any atom is -0.379 e. The largest absolute Gasteiger partial charge is 0.379 e. The molecule has 0 fully saturated rings. The molecule has 1 nitrogen and oxygen atoms in total. The highest BCUT2D eigenvalue weighted by atomic mass is 79.9.